The van der Waals surface area contributed by atoms with Gasteiger partial charge in [-0.3, -0.25) is 9.59 Å². The Morgan fingerprint density at radius 2 is 1.83 bits per heavy atom. The van der Waals surface area contributed by atoms with Gasteiger partial charge in [0.15, 0.2) is 0 Å². The van der Waals surface area contributed by atoms with Crippen LogP contribution in [0.5, 0.6) is 5.75 Å². The number of carbonyl (C=O) groups excluding carboxylic acids is 2. The lowest BCUT2D eigenvalue weighted by Crippen LogP contribution is -2.55. The summed E-state index contributed by atoms with van der Waals surface area (Å²) in [6, 6.07) is 13.0. The van der Waals surface area contributed by atoms with Crippen LogP contribution in [-0.4, -0.2) is 66.3 Å². The molecule has 0 spiro atoms. The van der Waals surface area contributed by atoms with Gasteiger partial charge in [-0.05, 0) is 31.2 Å². The van der Waals surface area contributed by atoms with Gasteiger partial charge in [-0.15, -0.1) is 0 Å². The molecule has 1 aromatic heterocycles. The predicted molar refractivity (Wildman–Crippen MR) is 111 cm³/mol. The van der Waals surface area contributed by atoms with Crippen LogP contribution in [0.4, 0.5) is 0 Å². The normalized spacial score (nSPS) is 12.5. The van der Waals surface area contributed by atoms with Gasteiger partial charge in [-0.25, -0.2) is 4.98 Å². The molecule has 0 bridgehead atoms. The monoisotopic (exact) mass is 415 g/mol. The molecule has 0 aliphatic carbocycles. The van der Waals surface area contributed by atoms with Gasteiger partial charge in [-0.2, -0.15) is 0 Å². The first-order chi connectivity index (χ1) is 14.4. The average molecular weight is 415 g/mol. The van der Waals surface area contributed by atoms with E-state index in [9.17, 15) is 19.6 Å². The summed E-state index contributed by atoms with van der Waals surface area (Å²) < 4.78 is 10.6. The number of para-hydroxylation sites is 1. The van der Waals surface area contributed by atoms with E-state index >= 15 is 0 Å². The number of methoxy groups -OCH3 is 1. The van der Waals surface area contributed by atoms with E-state index in [0.717, 1.165) is 0 Å². The third-order valence-electron chi connectivity index (χ3n) is 4.20. The Hall–Kier alpha value is -2.95. The fraction of sp³-hybridized carbons (Fsp3) is 0.350. The molecular formula is C20H26BN3O6. The summed E-state index contributed by atoms with van der Waals surface area (Å²) >= 11 is 0. The summed E-state index contributed by atoms with van der Waals surface area (Å²) in [6.45, 7) is 1.81. The molecule has 0 aliphatic rings. The Kier molecular flexibility index (Phi) is 9.27. The van der Waals surface area contributed by atoms with Gasteiger partial charge in [0.25, 0.3) is 5.91 Å². The van der Waals surface area contributed by atoms with Crippen molar-refractivity contribution < 1.29 is 29.1 Å². The fourth-order valence-electron chi connectivity index (χ4n) is 2.65. The van der Waals surface area contributed by atoms with Crippen molar-refractivity contribution in [3.8, 4) is 5.75 Å². The highest BCUT2D eigenvalue weighted by atomic mass is 16.5. The quantitative estimate of drug-likeness (QED) is 0.383. The second-order valence-electron chi connectivity index (χ2n) is 6.62. The number of aromatic nitrogens is 1. The van der Waals surface area contributed by atoms with Crippen molar-refractivity contribution in [1.29, 1.82) is 0 Å². The number of rotatable bonds is 11. The van der Waals surface area contributed by atoms with Gasteiger partial charge in [0.1, 0.15) is 17.5 Å². The van der Waals surface area contributed by atoms with Crippen LogP contribution in [0.1, 0.15) is 22.6 Å². The summed E-state index contributed by atoms with van der Waals surface area (Å²) in [5, 5.41) is 24.3. The molecule has 1 unspecified atom stereocenters. The van der Waals surface area contributed by atoms with Crippen LogP contribution in [0, 0.1) is 6.92 Å². The van der Waals surface area contributed by atoms with Crippen LogP contribution in [-0.2, 0) is 9.53 Å². The molecule has 9 nitrogen and oxygen atoms in total. The molecule has 0 aliphatic heterocycles. The van der Waals surface area contributed by atoms with Gasteiger partial charge >= 0.3 is 7.12 Å². The molecule has 30 heavy (non-hydrogen) atoms. The van der Waals surface area contributed by atoms with Crippen LogP contribution >= 0.6 is 0 Å². The molecule has 0 radical (unpaired) electrons. The van der Waals surface area contributed by atoms with E-state index < -0.39 is 30.9 Å². The third kappa shape index (κ3) is 7.47. The Balaban J connectivity index is 1.95. The first-order valence-electron chi connectivity index (χ1n) is 9.48. The van der Waals surface area contributed by atoms with Crippen molar-refractivity contribution >= 4 is 18.9 Å². The number of nitrogens with one attached hydrogen (secondary N) is 2. The van der Waals surface area contributed by atoms with Crippen LogP contribution in [0.3, 0.4) is 0 Å². The highest BCUT2D eigenvalue weighted by Crippen LogP contribution is 2.09. The largest absolute Gasteiger partial charge is 0.494 e. The topological polar surface area (TPSA) is 130 Å². The highest BCUT2D eigenvalue weighted by Gasteiger charge is 2.29. The average Bonchev–Trinajstić information content (AvgIpc) is 2.73. The van der Waals surface area contributed by atoms with Crippen molar-refractivity contribution in [2.45, 2.75) is 25.3 Å². The molecule has 2 aromatic rings. The van der Waals surface area contributed by atoms with E-state index in [4.69, 9.17) is 9.47 Å². The van der Waals surface area contributed by atoms with E-state index in [-0.39, 0.29) is 25.3 Å². The Morgan fingerprint density at radius 1 is 1.10 bits per heavy atom. The first-order valence-corrected chi connectivity index (χ1v) is 9.48. The number of benzene rings is 1. The maximum Gasteiger partial charge on any atom is 0.475 e. The molecule has 1 aromatic carbocycles. The molecule has 0 saturated carbocycles. The van der Waals surface area contributed by atoms with Gasteiger partial charge < -0.3 is 30.2 Å². The molecule has 2 rings (SSSR count). The predicted octanol–water partition coefficient (Wildman–Crippen LogP) is 0.101. The van der Waals surface area contributed by atoms with E-state index in [0.29, 0.717) is 11.4 Å². The number of pyridine rings is 1. The lowest BCUT2D eigenvalue weighted by Gasteiger charge is -2.22. The van der Waals surface area contributed by atoms with E-state index in [1.807, 2.05) is 18.2 Å². The zero-order valence-electron chi connectivity index (χ0n) is 16.9. The molecule has 10 heteroatoms. The minimum absolute atomic E-state index is 0.0991. The minimum atomic E-state index is -1.80. The van der Waals surface area contributed by atoms with Gasteiger partial charge in [-0.1, -0.05) is 24.3 Å². The molecule has 4 N–H and O–H groups in total. The maximum absolute atomic E-state index is 12.6. The summed E-state index contributed by atoms with van der Waals surface area (Å²) in [5.74, 6) is -1.51. The number of hydrogen-bond acceptors (Lipinski definition) is 7. The van der Waals surface area contributed by atoms with E-state index in [1.165, 1.54) is 13.2 Å². The standard InChI is InChI=1S/C20H26BN3O6/c1-14-7-6-10-16(22-14)19(25)23-17(13-29-2)20(26)24-18(21(27)28)11-12-30-15-8-4-3-5-9-15/h3-10,17-18,27-28H,11-13H2,1-2H3,(H,23,25)(H,24,26)/t17?,18-/m0/s1. The Morgan fingerprint density at radius 3 is 2.47 bits per heavy atom. The number of nitrogens with zero attached hydrogens (tertiary/aromatic N) is 1. The molecule has 160 valence electrons. The Labute approximate surface area is 175 Å². The molecule has 1 heterocycles. The summed E-state index contributed by atoms with van der Waals surface area (Å²) in [6.07, 6.45) is 0.144. The number of carbonyl (C=O) groups is 2. The summed E-state index contributed by atoms with van der Waals surface area (Å²) in [7, 11) is -0.408. The second kappa shape index (κ2) is 11.9. The van der Waals surface area contributed by atoms with Gasteiger partial charge in [0.2, 0.25) is 5.91 Å². The fourth-order valence-corrected chi connectivity index (χ4v) is 2.65. The molecular weight excluding hydrogens is 389 g/mol. The van der Waals surface area contributed by atoms with Crippen LogP contribution in [0.25, 0.3) is 0 Å². The SMILES string of the molecule is COCC(NC(=O)c1cccc(C)n1)C(=O)N[C@@H](CCOc1ccccc1)B(O)O. The molecule has 0 fully saturated rings. The number of ether oxygens (including phenoxy) is 2. The zero-order valence-corrected chi connectivity index (χ0v) is 16.9. The van der Waals surface area contributed by atoms with E-state index in [2.05, 4.69) is 15.6 Å². The zero-order chi connectivity index (χ0) is 21.9. The Bertz CT molecular complexity index is 821. The second-order valence-corrected chi connectivity index (χ2v) is 6.62. The maximum atomic E-state index is 12.6. The van der Waals surface area contributed by atoms with Gasteiger partial charge in [0, 0.05) is 19.2 Å². The molecule has 2 amide bonds. The molecule has 2 atom stereocenters. The number of amides is 2. The van der Waals surface area contributed by atoms with E-state index in [1.54, 1.807) is 31.2 Å². The lowest BCUT2D eigenvalue weighted by molar-refractivity contribution is -0.124. The van der Waals surface area contributed by atoms with Crippen LogP contribution in [0.15, 0.2) is 48.5 Å². The van der Waals surface area contributed by atoms with Gasteiger partial charge in [0.05, 0.1) is 19.2 Å². The minimum Gasteiger partial charge on any atom is -0.494 e. The van der Waals surface area contributed by atoms with Crippen molar-refractivity contribution in [2.24, 2.45) is 0 Å². The number of aryl methyl sites for hydroxylation is 1. The van der Waals surface area contributed by atoms with Crippen molar-refractivity contribution in [3.63, 3.8) is 0 Å². The smallest absolute Gasteiger partial charge is 0.475 e. The molecule has 0 saturated heterocycles. The summed E-state index contributed by atoms with van der Waals surface area (Å²) in [4.78, 5) is 29.2. The van der Waals surface area contributed by atoms with Crippen molar-refractivity contribution in [2.75, 3.05) is 20.3 Å². The van der Waals surface area contributed by atoms with Crippen molar-refractivity contribution in [1.82, 2.24) is 15.6 Å². The van der Waals surface area contributed by atoms with Crippen LogP contribution in [0.2, 0.25) is 0 Å². The van der Waals surface area contributed by atoms with Crippen molar-refractivity contribution in [3.05, 3.63) is 59.9 Å². The lowest BCUT2D eigenvalue weighted by atomic mass is 9.77. The van der Waals surface area contributed by atoms with Crippen LogP contribution < -0.4 is 15.4 Å². The third-order valence-corrected chi connectivity index (χ3v) is 4.20. The number of hydrogen-bond donors (Lipinski definition) is 4. The first kappa shape index (κ1) is 23.3. The summed E-state index contributed by atoms with van der Waals surface area (Å²) in [5.41, 5.74) is 0.830. The highest BCUT2D eigenvalue weighted by molar-refractivity contribution is 6.43.